The number of anilines is 3. The van der Waals surface area contributed by atoms with Crippen LogP contribution in [0.5, 0.6) is 0 Å². The van der Waals surface area contributed by atoms with Gasteiger partial charge in [-0.05, 0) is 47.5 Å². The zero-order valence-corrected chi connectivity index (χ0v) is 16.6. The summed E-state index contributed by atoms with van der Waals surface area (Å²) in [6.45, 7) is 0. The Morgan fingerprint density at radius 3 is 1.79 bits per heavy atom. The van der Waals surface area contributed by atoms with Crippen LogP contribution in [0.1, 0.15) is 5.56 Å². The second-order valence-corrected chi connectivity index (χ2v) is 7.91. The highest BCUT2D eigenvalue weighted by Gasteiger charge is 2.13. The molecule has 29 heavy (non-hydrogen) atoms. The molecule has 4 aromatic carbocycles. The van der Waals surface area contributed by atoms with Gasteiger partial charge in [0.25, 0.3) is 0 Å². The average molecular weight is 393 g/mol. The molecule has 0 aromatic heterocycles. The van der Waals surface area contributed by atoms with Gasteiger partial charge in [0.05, 0.1) is 11.4 Å². The zero-order valence-electron chi connectivity index (χ0n) is 15.8. The topological polar surface area (TPSA) is 24.1 Å². The zero-order chi connectivity index (χ0) is 19.5. The molecule has 0 amide bonds. The van der Waals surface area contributed by atoms with Crippen LogP contribution in [0.15, 0.2) is 113 Å². The van der Waals surface area contributed by atoms with Crippen molar-refractivity contribution < 1.29 is 0 Å². The first-order valence-electron chi connectivity index (χ1n) is 9.63. The quantitative estimate of drug-likeness (QED) is 0.283. The van der Waals surface area contributed by atoms with Crippen LogP contribution in [0.4, 0.5) is 17.1 Å². The van der Waals surface area contributed by atoms with E-state index >= 15 is 0 Å². The molecule has 0 saturated heterocycles. The second-order valence-electron chi connectivity index (χ2n) is 6.83. The lowest BCUT2D eigenvalue weighted by Crippen LogP contribution is -1.98. The molecular weight excluding hydrogens is 372 g/mol. The van der Waals surface area contributed by atoms with Gasteiger partial charge >= 0.3 is 0 Å². The average Bonchev–Trinajstić information content (AvgIpc) is 2.98. The molecule has 4 aromatic rings. The Labute approximate surface area is 175 Å². The predicted molar refractivity (Wildman–Crippen MR) is 125 cm³/mol. The van der Waals surface area contributed by atoms with Crippen molar-refractivity contribution in [3.05, 3.63) is 109 Å². The van der Waals surface area contributed by atoms with Gasteiger partial charge in [0.15, 0.2) is 0 Å². The van der Waals surface area contributed by atoms with E-state index in [1.54, 1.807) is 0 Å². The SMILES string of the molecule is C1=Cc2ccccc2-c2ccccc2N1.c1ccc2c(c1)Nc1ccccc1S2. The molecule has 2 aliphatic heterocycles. The molecule has 2 heterocycles. The number of para-hydroxylation sites is 3. The Bertz CT molecular complexity index is 1110. The van der Waals surface area contributed by atoms with Crippen molar-refractivity contribution in [1.82, 2.24) is 0 Å². The largest absolute Gasteiger partial charge is 0.361 e. The summed E-state index contributed by atoms with van der Waals surface area (Å²) in [6.07, 6.45) is 4.10. The fourth-order valence-corrected chi connectivity index (χ4v) is 4.52. The molecule has 0 bridgehead atoms. The lowest BCUT2D eigenvalue weighted by atomic mass is 9.99. The minimum atomic E-state index is 1.17. The first kappa shape index (κ1) is 17.7. The van der Waals surface area contributed by atoms with E-state index in [4.69, 9.17) is 0 Å². The maximum Gasteiger partial charge on any atom is 0.0526 e. The Balaban J connectivity index is 0.000000125. The van der Waals surface area contributed by atoms with Crippen LogP contribution in [-0.2, 0) is 0 Å². The van der Waals surface area contributed by atoms with Crippen LogP contribution < -0.4 is 10.6 Å². The normalized spacial score (nSPS) is 12.4. The smallest absolute Gasteiger partial charge is 0.0526 e. The van der Waals surface area contributed by atoms with E-state index in [1.165, 1.54) is 43.5 Å². The van der Waals surface area contributed by atoms with Gasteiger partial charge in [0.1, 0.15) is 0 Å². The molecule has 140 valence electrons. The van der Waals surface area contributed by atoms with Crippen molar-refractivity contribution in [1.29, 1.82) is 0 Å². The van der Waals surface area contributed by atoms with Crippen LogP contribution in [0.3, 0.4) is 0 Å². The van der Waals surface area contributed by atoms with E-state index in [0.29, 0.717) is 0 Å². The van der Waals surface area contributed by atoms with E-state index in [2.05, 4.69) is 108 Å². The molecule has 0 fully saturated rings. The summed E-state index contributed by atoms with van der Waals surface area (Å²) in [4.78, 5) is 2.59. The van der Waals surface area contributed by atoms with Crippen LogP contribution >= 0.6 is 11.8 Å². The van der Waals surface area contributed by atoms with Gasteiger partial charge < -0.3 is 10.6 Å². The van der Waals surface area contributed by atoms with E-state index < -0.39 is 0 Å². The fraction of sp³-hybridized carbons (Fsp3) is 0. The monoisotopic (exact) mass is 392 g/mol. The van der Waals surface area contributed by atoms with Gasteiger partial charge in [-0.15, -0.1) is 0 Å². The summed E-state index contributed by atoms with van der Waals surface area (Å²) >= 11 is 1.82. The summed E-state index contributed by atoms with van der Waals surface area (Å²) in [5.74, 6) is 0. The maximum absolute atomic E-state index is 3.42. The van der Waals surface area contributed by atoms with E-state index in [-0.39, 0.29) is 0 Å². The first-order valence-corrected chi connectivity index (χ1v) is 10.4. The lowest BCUT2D eigenvalue weighted by molar-refractivity contribution is 1.32. The van der Waals surface area contributed by atoms with E-state index in [9.17, 15) is 0 Å². The molecule has 0 aliphatic carbocycles. The van der Waals surface area contributed by atoms with Gasteiger partial charge in [0, 0.05) is 27.2 Å². The third kappa shape index (κ3) is 3.65. The highest BCUT2D eigenvalue weighted by molar-refractivity contribution is 7.99. The summed E-state index contributed by atoms with van der Waals surface area (Å²) in [5.41, 5.74) is 7.38. The Hall–Kier alpha value is -3.43. The van der Waals surface area contributed by atoms with Gasteiger partial charge in [-0.2, -0.15) is 0 Å². The molecule has 0 radical (unpaired) electrons. The van der Waals surface area contributed by atoms with Gasteiger partial charge in [0.2, 0.25) is 0 Å². The molecule has 0 unspecified atom stereocenters. The molecule has 0 atom stereocenters. The molecule has 2 aliphatic rings. The van der Waals surface area contributed by atoms with E-state index in [1.807, 2.05) is 24.0 Å². The minimum absolute atomic E-state index is 1.17. The third-order valence-electron chi connectivity index (χ3n) is 4.94. The number of benzene rings is 4. The number of hydrogen-bond acceptors (Lipinski definition) is 3. The van der Waals surface area contributed by atoms with E-state index in [0.717, 1.165) is 0 Å². The van der Waals surface area contributed by atoms with Crippen molar-refractivity contribution in [3.63, 3.8) is 0 Å². The predicted octanol–water partition coefficient (Wildman–Crippen LogP) is 7.64. The molecule has 3 heteroatoms. The molecule has 0 spiro atoms. The summed E-state index contributed by atoms with van der Waals surface area (Å²) in [5, 5.41) is 6.71. The van der Waals surface area contributed by atoms with Gasteiger partial charge in [-0.3, -0.25) is 0 Å². The van der Waals surface area contributed by atoms with Crippen molar-refractivity contribution >= 4 is 34.9 Å². The van der Waals surface area contributed by atoms with Crippen molar-refractivity contribution in [2.45, 2.75) is 9.79 Å². The Morgan fingerprint density at radius 2 is 1.07 bits per heavy atom. The molecule has 6 rings (SSSR count). The number of fused-ring (bicyclic) bond motifs is 5. The Kier molecular flexibility index (Phi) is 4.81. The maximum atomic E-state index is 3.42. The first-order chi connectivity index (χ1) is 14.4. The third-order valence-corrected chi connectivity index (χ3v) is 6.09. The highest BCUT2D eigenvalue weighted by Crippen LogP contribution is 2.43. The van der Waals surface area contributed by atoms with Crippen LogP contribution in [0, 0.1) is 0 Å². The van der Waals surface area contributed by atoms with Crippen LogP contribution in [-0.4, -0.2) is 0 Å². The van der Waals surface area contributed by atoms with Gasteiger partial charge in [-0.1, -0.05) is 78.5 Å². The van der Waals surface area contributed by atoms with Crippen molar-refractivity contribution in [3.8, 4) is 11.1 Å². The van der Waals surface area contributed by atoms with Crippen molar-refractivity contribution in [2.24, 2.45) is 0 Å². The highest BCUT2D eigenvalue weighted by atomic mass is 32.2. The summed E-state index contributed by atoms with van der Waals surface area (Å²) in [6, 6.07) is 33.6. The molecular formula is C26H20N2S. The fourth-order valence-electron chi connectivity index (χ4n) is 3.53. The van der Waals surface area contributed by atoms with Crippen molar-refractivity contribution in [2.75, 3.05) is 10.6 Å². The van der Waals surface area contributed by atoms with Crippen LogP contribution in [0.2, 0.25) is 0 Å². The standard InChI is InChI=1S/C14H11N.C12H9NS/c1-2-6-12-11(5-1)9-10-15-14-8-4-3-7-13(12)14;1-3-7-11-9(5-1)13-10-6-2-4-8-12(10)14-11/h1-10,15H;1-8,13H. The summed E-state index contributed by atoms with van der Waals surface area (Å²) in [7, 11) is 0. The molecule has 2 nitrogen and oxygen atoms in total. The van der Waals surface area contributed by atoms with Gasteiger partial charge in [-0.25, -0.2) is 0 Å². The Morgan fingerprint density at radius 1 is 0.517 bits per heavy atom. The lowest BCUT2D eigenvalue weighted by Gasteiger charge is -2.19. The number of nitrogens with one attached hydrogen (secondary N) is 2. The van der Waals surface area contributed by atoms with Crippen LogP contribution in [0.25, 0.3) is 17.2 Å². The molecule has 0 saturated carbocycles. The summed E-state index contributed by atoms with van der Waals surface area (Å²) < 4.78 is 0. The minimum Gasteiger partial charge on any atom is -0.361 e. The second kappa shape index (κ2) is 7.90. The molecule has 2 N–H and O–H groups in total. The number of rotatable bonds is 0. The number of hydrogen-bond donors (Lipinski definition) is 2.